The van der Waals surface area contributed by atoms with Crippen LogP contribution in [0.5, 0.6) is 0 Å². The zero-order valence-corrected chi connectivity index (χ0v) is 20.4. The van der Waals surface area contributed by atoms with Gasteiger partial charge in [0.15, 0.2) is 0 Å². The largest absolute Gasteiger partial charge is 0.388 e. The normalized spacial score (nSPS) is 11.2. The van der Waals surface area contributed by atoms with Crippen LogP contribution >= 0.6 is 0 Å². The van der Waals surface area contributed by atoms with E-state index >= 15 is 0 Å². The Morgan fingerprint density at radius 1 is 0.971 bits per heavy atom. The second-order valence-electron chi connectivity index (χ2n) is 8.96. The van der Waals surface area contributed by atoms with Gasteiger partial charge in [-0.2, -0.15) is 0 Å². The number of hydrogen-bond donors (Lipinski definition) is 2. The number of anilines is 1. The molecule has 0 aliphatic heterocycles. The maximum Gasteiger partial charge on any atom is 0.254 e. The molecule has 5 heteroatoms. The lowest BCUT2D eigenvalue weighted by atomic mass is 9.98. The summed E-state index contributed by atoms with van der Waals surface area (Å²) in [4.78, 5) is 23.3. The van der Waals surface area contributed by atoms with Gasteiger partial charge in [0.1, 0.15) is 0 Å². The van der Waals surface area contributed by atoms with Crippen molar-refractivity contribution in [1.82, 2.24) is 14.9 Å². The van der Waals surface area contributed by atoms with Crippen molar-refractivity contribution in [3.63, 3.8) is 0 Å². The molecule has 176 valence electrons. The molecule has 0 saturated heterocycles. The maximum absolute atomic E-state index is 13.8. The minimum atomic E-state index is 0.0642. The van der Waals surface area contributed by atoms with E-state index in [1.165, 1.54) is 5.56 Å². The number of fused-ring (bicyclic) bond motifs is 2. The summed E-state index contributed by atoms with van der Waals surface area (Å²) in [5.41, 5.74) is 8.34. The highest BCUT2D eigenvalue weighted by molar-refractivity contribution is 6.10. The van der Waals surface area contributed by atoms with Gasteiger partial charge >= 0.3 is 0 Å². The lowest BCUT2D eigenvalue weighted by Crippen LogP contribution is -2.31. The van der Waals surface area contributed by atoms with E-state index in [-0.39, 0.29) is 5.91 Å². The minimum absolute atomic E-state index is 0.0642. The highest BCUT2D eigenvalue weighted by Gasteiger charge is 2.20. The summed E-state index contributed by atoms with van der Waals surface area (Å²) in [5, 5.41) is 5.27. The molecule has 4 aromatic carbocycles. The molecule has 0 bridgehead atoms. The van der Waals surface area contributed by atoms with Crippen LogP contribution in [0, 0.1) is 6.92 Å². The van der Waals surface area contributed by atoms with Gasteiger partial charge in [-0.3, -0.25) is 4.79 Å². The molecule has 5 nitrogen and oxygen atoms in total. The van der Waals surface area contributed by atoms with Crippen LogP contribution in [-0.2, 0) is 6.54 Å². The highest BCUT2D eigenvalue weighted by Crippen LogP contribution is 2.29. The molecule has 0 saturated carbocycles. The monoisotopic (exact) mass is 462 g/mol. The van der Waals surface area contributed by atoms with E-state index in [2.05, 4.69) is 65.5 Å². The fraction of sp³-hybridized carbons (Fsp3) is 0.200. The van der Waals surface area contributed by atoms with Crippen molar-refractivity contribution in [3.05, 3.63) is 95.8 Å². The first-order valence-corrected chi connectivity index (χ1v) is 12.1. The number of hydrogen-bond acceptors (Lipinski definition) is 3. The molecule has 0 atom stereocenters. The Morgan fingerprint density at radius 3 is 2.54 bits per heavy atom. The SMILES string of the molecule is CCCN(Cc1cc(-c2ccc3nc[nH]c3c2)ccc1C)C(=O)c1ccc(NC)c2ccccc12. The Bertz CT molecular complexity index is 1520. The van der Waals surface area contributed by atoms with Crippen LogP contribution in [-0.4, -0.2) is 34.4 Å². The Morgan fingerprint density at radius 2 is 1.74 bits per heavy atom. The third-order valence-corrected chi connectivity index (χ3v) is 6.67. The molecule has 0 aliphatic rings. The predicted octanol–water partition coefficient (Wildman–Crippen LogP) is 6.79. The lowest BCUT2D eigenvalue weighted by Gasteiger charge is -2.25. The number of nitrogens with one attached hydrogen (secondary N) is 2. The van der Waals surface area contributed by atoms with E-state index in [0.717, 1.165) is 56.2 Å². The molecule has 2 N–H and O–H groups in total. The average Bonchev–Trinajstić information content (AvgIpc) is 3.36. The van der Waals surface area contributed by atoms with Crippen LogP contribution in [0.2, 0.25) is 0 Å². The molecule has 0 unspecified atom stereocenters. The van der Waals surface area contributed by atoms with E-state index < -0.39 is 0 Å². The molecule has 0 spiro atoms. The van der Waals surface area contributed by atoms with Gasteiger partial charge in [0.2, 0.25) is 0 Å². The molecule has 0 radical (unpaired) electrons. The number of imidazole rings is 1. The van der Waals surface area contributed by atoms with Gasteiger partial charge in [-0.15, -0.1) is 0 Å². The van der Waals surface area contributed by atoms with E-state index in [1.54, 1.807) is 6.33 Å². The number of carbonyl (C=O) groups excluding carboxylic acids is 1. The molecule has 5 aromatic rings. The zero-order chi connectivity index (χ0) is 24.4. The maximum atomic E-state index is 13.8. The summed E-state index contributed by atoms with van der Waals surface area (Å²) in [6, 6.07) is 24.8. The Labute approximate surface area is 205 Å². The van der Waals surface area contributed by atoms with Crippen LogP contribution in [0.25, 0.3) is 32.9 Å². The number of carbonyl (C=O) groups is 1. The van der Waals surface area contributed by atoms with Crippen molar-refractivity contribution >= 4 is 33.4 Å². The summed E-state index contributed by atoms with van der Waals surface area (Å²) >= 11 is 0. The summed E-state index contributed by atoms with van der Waals surface area (Å²) < 4.78 is 0. The number of nitrogens with zero attached hydrogens (tertiary/aromatic N) is 2. The van der Waals surface area contributed by atoms with Gasteiger partial charge in [-0.05, 0) is 71.3 Å². The van der Waals surface area contributed by atoms with Crippen molar-refractivity contribution < 1.29 is 4.79 Å². The molecular formula is C30H30N4O. The number of benzene rings is 4. The summed E-state index contributed by atoms with van der Waals surface area (Å²) in [7, 11) is 1.91. The standard InChI is InChI=1S/C30H30N4O/c1-4-15-34(30(35)26-12-14-27(31-3)25-8-6-5-7-24(25)26)18-23-16-21(10-9-20(23)2)22-11-13-28-29(17-22)33-19-32-28/h5-14,16-17,19,31H,4,15,18H2,1-3H3,(H,32,33). The van der Waals surface area contributed by atoms with Gasteiger partial charge in [0.25, 0.3) is 5.91 Å². The van der Waals surface area contributed by atoms with Crippen LogP contribution < -0.4 is 5.32 Å². The minimum Gasteiger partial charge on any atom is -0.388 e. The van der Waals surface area contributed by atoms with Crippen LogP contribution in [0.1, 0.15) is 34.8 Å². The topological polar surface area (TPSA) is 61.0 Å². The Kier molecular flexibility index (Phi) is 6.23. The fourth-order valence-corrected chi connectivity index (χ4v) is 4.74. The van der Waals surface area contributed by atoms with Gasteiger partial charge in [-0.1, -0.05) is 49.4 Å². The lowest BCUT2D eigenvalue weighted by molar-refractivity contribution is 0.0745. The zero-order valence-electron chi connectivity index (χ0n) is 20.4. The van der Waals surface area contributed by atoms with Gasteiger partial charge in [-0.25, -0.2) is 4.98 Å². The van der Waals surface area contributed by atoms with E-state index in [0.29, 0.717) is 13.1 Å². The quantitative estimate of drug-likeness (QED) is 0.280. The number of H-pyrrole nitrogens is 1. The summed E-state index contributed by atoms with van der Waals surface area (Å²) in [5.74, 6) is 0.0642. The number of rotatable bonds is 7. The number of aryl methyl sites for hydroxylation is 1. The van der Waals surface area contributed by atoms with Crippen LogP contribution in [0.4, 0.5) is 5.69 Å². The molecule has 1 heterocycles. The predicted molar refractivity (Wildman–Crippen MR) is 145 cm³/mol. The second kappa shape index (κ2) is 9.63. The molecule has 1 amide bonds. The van der Waals surface area contributed by atoms with E-state index in [4.69, 9.17) is 0 Å². The Hall–Kier alpha value is -4.12. The van der Waals surface area contributed by atoms with E-state index in [9.17, 15) is 4.79 Å². The number of aromatic nitrogens is 2. The van der Waals surface area contributed by atoms with Gasteiger partial charge in [0.05, 0.1) is 17.4 Å². The second-order valence-corrected chi connectivity index (χ2v) is 8.96. The first-order valence-electron chi connectivity index (χ1n) is 12.1. The molecule has 0 fully saturated rings. The van der Waals surface area contributed by atoms with Crippen LogP contribution in [0.15, 0.2) is 79.1 Å². The van der Waals surface area contributed by atoms with Crippen molar-refractivity contribution in [2.24, 2.45) is 0 Å². The van der Waals surface area contributed by atoms with E-state index in [1.807, 2.05) is 48.3 Å². The molecule has 5 rings (SSSR count). The average molecular weight is 463 g/mol. The first-order chi connectivity index (χ1) is 17.1. The van der Waals surface area contributed by atoms with Crippen molar-refractivity contribution in [2.45, 2.75) is 26.8 Å². The third-order valence-electron chi connectivity index (χ3n) is 6.67. The van der Waals surface area contributed by atoms with Gasteiger partial charge in [0, 0.05) is 36.8 Å². The van der Waals surface area contributed by atoms with Crippen LogP contribution in [0.3, 0.4) is 0 Å². The molecule has 1 aromatic heterocycles. The number of amides is 1. The molecular weight excluding hydrogens is 432 g/mol. The summed E-state index contributed by atoms with van der Waals surface area (Å²) in [6.07, 6.45) is 2.61. The van der Waals surface area contributed by atoms with Crippen molar-refractivity contribution in [1.29, 1.82) is 0 Å². The molecule has 35 heavy (non-hydrogen) atoms. The summed E-state index contributed by atoms with van der Waals surface area (Å²) in [6.45, 7) is 5.50. The van der Waals surface area contributed by atoms with Crippen molar-refractivity contribution in [3.8, 4) is 11.1 Å². The fourth-order valence-electron chi connectivity index (χ4n) is 4.74. The first kappa shape index (κ1) is 22.7. The smallest absolute Gasteiger partial charge is 0.254 e. The molecule has 0 aliphatic carbocycles. The van der Waals surface area contributed by atoms with Gasteiger partial charge < -0.3 is 15.2 Å². The third kappa shape index (κ3) is 4.37. The van der Waals surface area contributed by atoms with Crippen molar-refractivity contribution in [2.75, 3.05) is 18.9 Å². The highest BCUT2D eigenvalue weighted by atomic mass is 16.2. The Balaban J connectivity index is 1.49. The number of aromatic amines is 1.